The number of rotatable bonds is 1. The van der Waals surface area contributed by atoms with Gasteiger partial charge in [-0.15, -0.1) is 0 Å². The van der Waals surface area contributed by atoms with E-state index in [1.54, 1.807) is 6.07 Å². The molecule has 0 atom stereocenters. The van der Waals surface area contributed by atoms with Crippen LogP contribution in [-0.2, 0) is 9.05 Å². The van der Waals surface area contributed by atoms with E-state index < -0.39 is 9.05 Å². The highest BCUT2D eigenvalue weighted by Crippen LogP contribution is 2.22. The van der Waals surface area contributed by atoms with Crippen LogP contribution in [0.4, 0.5) is 0 Å². The molecule has 0 aliphatic heterocycles. The summed E-state index contributed by atoms with van der Waals surface area (Å²) in [5, 5.41) is 1.01. The van der Waals surface area contributed by atoms with Gasteiger partial charge in [-0.2, -0.15) is 0 Å². The van der Waals surface area contributed by atoms with Gasteiger partial charge in [0.25, 0.3) is 9.05 Å². The number of nitrogens with one attached hydrogen (secondary N) is 1. The lowest BCUT2D eigenvalue weighted by atomic mass is 10.2. The second-order valence-corrected chi connectivity index (χ2v) is 5.68. The van der Waals surface area contributed by atoms with Gasteiger partial charge in [-0.05, 0) is 24.6 Å². The maximum Gasteiger partial charge on any atom is 0.261 e. The number of H-pyrrole nitrogens is 1. The topological polar surface area (TPSA) is 49.9 Å². The first kappa shape index (κ1) is 9.55. The molecule has 0 unspecified atom stereocenters. The van der Waals surface area contributed by atoms with E-state index in [9.17, 15) is 8.42 Å². The van der Waals surface area contributed by atoms with Gasteiger partial charge in [0.15, 0.2) is 0 Å². The summed E-state index contributed by atoms with van der Waals surface area (Å²) in [6.07, 6.45) is 1.83. The predicted octanol–water partition coefficient (Wildman–Crippen LogP) is 2.40. The molecule has 0 aliphatic carbocycles. The smallest absolute Gasteiger partial charge is 0.261 e. The molecule has 0 bridgehead atoms. The molecule has 0 spiro atoms. The maximum absolute atomic E-state index is 11.0. The molecule has 2 rings (SSSR count). The Morgan fingerprint density at radius 2 is 2.07 bits per heavy atom. The molecule has 2 aromatic rings. The number of fused-ring (bicyclic) bond motifs is 1. The average Bonchev–Trinajstić information content (AvgIpc) is 2.46. The molecule has 1 aromatic carbocycles. The van der Waals surface area contributed by atoms with Crippen molar-refractivity contribution in [2.24, 2.45) is 0 Å². The predicted molar refractivity (Wildman–Crippen MR) is 56.1 cm³/mol. The van der Waals surface area contributed by atoms with E-state index in [0.717, 1.165) is 16.5 Å². The summed E-state index contributed by atoms with van der Waals surface area (Å²) in [5.41, 5.74) is 1.86. The Labute approximate surface area is 86.1 Å². The second-order valence-electron chi connectivity index (χ2n) is 3.12. The molecule has 0 radical (unpaired) electrons. The van der Waals surface area contributed by atoms with E-state index in [1.807, 2.05) is 13.1 Å². The maximum atomic E-state index is 11.0. The molecule has 1 heterocycles. The number of aromatic nitrogens is 1. The van der Waals surface area contributed by atoms with E-state index in [2.05, 4.69) is 4.98 Å². The van der Waals surface area contributed by atoms with Crippen LogP contribution in [0.3, 0.4) is 0 Å². The Kier molecular flexibility index (Phi) is 2.05. The van der Waals surface area contributed by atoms with E-state index in [0.29, 0.717) is 0 Å². The normalized spacial score (nSPS) is 12.1. The number of hydrogen-bond acceptors (Lipinski definition) is 2. The number of hydrogen-bond donors (Lipinski definition) is 1. The lowest BCUT2D eigenvalue weighted by Crippen LogP contribution is -1.89. The van der Waals surface area contributed by atoms with Crippen LogP contribution in [0.5, 0.6) is 0 Å². The fraction of sp³-hybridized carbons (Fsp3) is 0.111. The fourth-order valence-corrected chi connectivity index (χ4v) is 2.18. The van der Waals surface area contributed by atoms with Crippen molar-refractivity contribution in [3.8, 4) is 0 Å². The highest BCUT2D eigenvalue weighted by Gasteiger charge is 2.11. The first-order valence-corrected chi connectivity index (χ1v) is 6.32. The molecule has 74 valence electrons. The molecular formula is C9H8ClNO2S. The Morgan fingerprint density at radius 3 is 2.71 bits per heavy atom. The average molecular weight is 230 g/mol. The lowest BCUT2D eigenvalue weighted by molar-refractivity contribution is 0.609. The molecule has 0 fully saturated rings. The molecule has 5 heteroatoms. The summed E-state index contributed by atoms with van der Waals surface area (Å²) in [6.45, 7) is 1.95. The minimum atomic E-state index is -3.63. The van der Waals surface area contributed by atoms with E-state index in [4.69, 9.17) is 10.7 Å². The SMILES string of the molecule is Cc1c[nH]c2cc(S(=O)(=O)Cl)ccc12. The molecular weight excluding hydrogens is 222 g/mol. The molecule has 1 aromatic heterocycles. The van der Waals surface area contributed by atoms with E-state index >= 15 is 0 Å². The first-order valence-electron chi connectivity index (χ1n) is 4.01. The number of aromatic amines is 1. The third kappa shape index (κ3) is 1.51. The number of aryl methyl sites for hydroxylation is 1. The zero-order chi connectivity index (χ0) is 10.3. The number of benzene rings is 1. The van der Waals surface area contributed by atoms with E-state index in [-0.39, 0.29) is 4.90 Å². The van der Waals surface area contributed by atoms with Crippen LogP contribution in [0.1, 0.15) is 5.56 Å². The molecule has 0 aliphatic rings. The Bertz CT molecular complexity index is 586. The van der Waals surface area contributed by atoms with Crippen LogP contribution >= 0.6 is 10.7 Å². The summed E-state index contributed by atoms with van der Waals surface area (Å²) in [4.78, 5) is 3.10. The highest BCUT2D eigenvalue weighted by molar-refractivity contribution is 8.13. The van der Waals surface area contributed by atoms with E-state index in [1.165, 1.54) is 12.1 Å². The minimum absolute atomic E-state index is 0.119. The lowest BCUT2D eigenvalue weighted by Gasteiger charge is -1.96. The van der Waals surface area contributed by atoms with Crippen molar-refractivity contribution < 1.29 is 8.42 Å². The largest absolute Gasteiger partial charge is 0.361 e. The Balaban J connectivity index is 2.76. The minimum Gasteiger partial charge on any atom is -0.361 e. The molecule has 14 heavy (non-hydrogen) atoms. The van der Waals surface area contributed by atoms with Gasteiger partial charge in [0.2, 0.25) is 0 Å². The number of halogens is 1. The molecule has 0 saturated carbocycles. The monoisotopic (exact) mass is 229 g/mol. The molecule has 3 nitrogen and oxygen atoms in total. The van der Waals surface area contributed by atoms with Crippen molar-refractivity contribution in [2.45, 2.75) is 11.8 Å². The second kappa shape index (κ2) is 3.00. The van der Waals surface area contributed by atoms with Crippen LogP contribution in [0.25, 0.3) is 10.9 Å². The molecule has 1 N–H and O–H groups in total. The summed E-state index contributed by atoms with van der Waals surface area (Å²) < 4.78 is 22.1. The van der Waals surface area contributed by atoms with Crippen molar-refractivity contribution in [3.05, 3.63) is 30.0 Å². The third-order valence-electron chi connectivity index (χ3n) is 2.14. The fourth-order valence-electron chi connectivity index (χ4n) is 1.40. The van der Waals surface area contributed by atoms with Crippen molar-refractivity contribution >= 4 is 30.6 Å². The van der Waals surface area contributed by atoms with Crippen LogP contribution < -0.4 is 0 Å². The molecule has 0 saturated heterocycles. The first-order chi connectivity index (χ1) is 6.48. The van der Waals surface area contributed by atoms with Gasteiger partial charge < -0.3 is 4.98 Å². The van der Waals surface area contributed by atoms with Crippen molar-refractivity contribution in [2.75, 3.05) is 0 Å². The summed E-state index contributed by atoms with van der Waals surface area (Å²) in [5.74, 6) is 0. The van der Waals surface area contributed by atoms with Gasteiger partial charge in [0, 0.05) is 27.8 Å². The quantitative estimate of drug-likeness (QED) is 0.764. The van der Waals surface area contributed by atoms with Gasteiger partial charge in [0.1, 0.15) is 0 Å². The summed E-state index contributed by atoms with van der Waals surface area (Å²) >= 11 is 0. The van der Waals surface area contributed by atoms with Gasteiger partial charge in [0.05, 0.1) is 4.90 Å². The Hall–Kier alpha value is -1.00. The van der Waals surface area contributed by atoms with Gasteiger partial charge >= 0.3 is 0 Å². The van der Waals surface area contributed by atoms with Crippen molar-refractivity contribution in [3.63, 3.8) is 0 Å². The summed E-state index contributed by atoms with van der Waals surface area (Å²) in [6, 6.07) is 4.78. The zero-order valence-electron chi connectivity index (χ0n) is 7.41. The van der Waals surface area contributed by atoms with Gasteiger partial charge in [-0.3, -0.25) is 0 Å². The van der Waals surface area contributed by atoms with Crippen LogP contribution in [-0.4, -0.2) is 13.4 Å². The molecule has 0 amide bonds. The van der Waals surface area contributed by atoms with Gasteiger partial charge in [-0.25, -0.2) is 8.42 Å². The highest BCUT2D eigenvalue weighted by atomic mass is 35.7. The van der Waals surface area contributed by atoms with Crippen LogP contribution in [0.15, 0.2) is 29.3 Å². The van der Waals surface area contributed by atoms with Crippen molar-refractivity contribution in [1.29, 1.82) is 0 Å². The van der Waals surface area contributed by atoms with Crippen molar-refractivity contribution in [1.82, 2.24) is 4.98 Å². The third-order valence-corrected chi connectivity index (χ3v) is 3.49. The summed E-state index contributed by atoms with van der Waals surface area (Å²) in [7, 11) is 1.59. The Morgan fingerprint density at radius 1 is 1.36 bits per heavy atom. The van der Waals surface area contributed by atoms with Crippen LogP contribution in [0, 0.1) is 6.92 Å². The standard InChI is InChI=1S/C9H8ClNO2S/c1-6-5-11-9-4-7(14(10,12)13)2-3-8(6)9/h2-5,11H,1H3. The van der Waals surface area contributed by atoms with Crippen LogP contribution in [0.2, 0.25) is 0 Å². The zero-order valence-corrected chi connectivity index (χ0v) is 8.98. The van der Waals surface area contributed by atoms with Gasteiger partial charge in [-0.1, -0.05) is 6.07 Å².